The van der Waals surface area contributed by atoms with Gasteiger partial charge in [0.1, 0.15) is 11.9 Å². The number of ether oxygens (including phenoxy) is 1. The van der Waals surface area contributed by atoms with Gasteiger partial charge in [0.2, 0.25) is 0 Å². The van der Waals surface area contributed by atoms with Crippen LogP contribution in [0.1, 0.15) is 0 Å². The Morgan fingerprint density at radius 3 is 2.72 bits per heavy atom. The monoisotopic (exact) mass is 255 g/mol. The molecule has 1 heterocycles. The summed E-state index contributed by atoms with van der Waals surface area (Å²) < 4.78 is 18.3. The molecule has 8 heteroatoms. The Kier molecular flexibility index (Phi) is 3.51. The summed E-state index contributed by atoms with van der Waals surface area (Å²) in [6, 6.07) is 3.56. The van der Waals surface area contributed by atoms with Gasteiger partial charge in [0.15, 0.2) is 0 Å². The minimum absolute atomic E-state index is 0.121. The fourth-order valence-electron chi connectivity index (χ4n) is 1.72. The molecule has 1 saturated heterocycles. The summed E-state index contributed by atoms with van der Waals surface area (Å²) in [7, 11) is -1.91. The van der Waals surface area contributed by atoms with Crippen molar-refractivity contribution in [2.45, 2.75) is 6.10 Å². The minimum Gasteiger partial charge on any atom is -0.441 e. The van der Waals surface area contributed by atoms with E-state index in [4.69, 9.17) is 19.9 Å². The van der Waals surface area contributed by atoms with Crippen molar-refractivity contribution in [1.82, 2.24) is 0 Å². The van der Waals surface area contributed by atoms with Crippen molar-refractivity contribution in [2.24, 2.45) is 0 Å². The predicted octanol–water partition coefficient (Wildman–Crippen LogP) is -1.18. The second-order valence-electron chi connectivity index (χ2n) is 3.88. The lowest BCUT2D eigenvalue weighted by atomic mass is 9.80. The molecule has 0 aromatic heterocycles. The highest BCUT2D eigenvalue weighted by atomic mass is 19.1. The zero-order valence-corrected chi connectivity index (χ0v) is 9.28. The Morgan fingerprint density at radius 1 is 1.50 bits per heavy atom. The highest BCUT2D eigenvalue weighted by Crippen LogP contribution is 2.21. The van der Waals surface area contributed by atoms with Crippen LogP contribution in [-0.2, 0) is 4.74 Å². The molecule has 1 aliphatic rings. The molecule has 0 radical (unpaired) electrons. The van der Waals surface area contributed by atoms with Crippen molar-refractivity contribution >= 4 is 24.4 Å². The molecule has 1 aromatic rings. The maximum Gasteiger partial charge on any atom is 0.491 e. The number of hydrogen-bond acceptors (Lipinski definition) is 5. The predicted molar refractivity (Wildman–Crippen MR) is 60.9 cm³/mol. The van der Waals surface area contributed by atoms with Crippen LogP contribution in [0.4, 0.5) is 14.9 Å². The summed E-state index contributed by atoms with van der Waals surface area (Å²) in [5, 5.41) is 26.6. The van der Waals surface area contributed by atoms with Crippen molar-refractivity contribution in [3.63, 3.8) is 0 Å². The number of carbonyl (C=O) groups is 1. The molecule has 1 unspecified atom stereocenters. The Labute approximate surface area is 102 Å². The van der Waals surface area contributed by atoms with E-state index in [1.807, 2.05) is 0 Å². The van der Waals surface area contributed by atoms with E-state index < -0.39 is 25.1 Å². The molecule has 18 heavy (non-hydrogen) atoms. The van der Waals surface area contributed by atoms with E-state index >= 15 is 0 Å². The van der Waals surface area contributed by atoms with E-state index in [-0.39, 0.29) is 24.3 Å². The summed E-state index contributed by atoms with van der Waals surface area (Å²) in [4.78, 5) is 12.6. The number of benzene rings is 1. The van der Waals surface area contributed by atoms with Gasteiger partial charge < -0.3 is 19.9 Å². The van der Waals surface area contributed by atoms with Gasteiger partial charge in [-0.25, -0.2) is 9.18 Å². The van der Waals surface area contributed by atoms with E-state index in [1.54, 1.807) is 0 Å². The molecule has 3 N–H and O–H groups in total. The lowest BCUT2D eigenvalue weighted by Gasteiger charge is -2.13. The Hall–Kier alpha value is -1.64. The van der Waals surface area contributed by atoms with Gasteiger partial charge in [-0.05, 0) is 12.1 Å². The average molecular weight is 255 g/mol. The lowest BCUT2D eigenvalue weighted by Crippen LogP contribution is -2.33. The van der Waals surface area contributed by atoms with Gasteiger partial charge >= 0.3 is 13.2 Å². The Balaban J connectivity index is 2.25. The first kappa shape index (κ1) is 12.8. The van der Waals surface area contributed by atoms with Crippen LogP contribution in [0.5, 0.6) is 0 Å². The van der Waals surface area contributed by atoms with E-state index in [9.17, 15) is 9.18 Å². The van der Waals surface area contributed by atoms with Gasteiger partial charge in [-0.15, -0.1) is 0 Å². The third-order valence-corrected chi connectivity index (χ3v) is 2.65. The minimum atomic E-state index is -1.91. The van der Waals surface area contributed by atoms with E-state index in [0.717, 1.165) is 11.0 Å². The average Bonchev–Trinajstić information content (AvgIpc) is 2.70. The standard InChI is InChI=1S/C10H11BFNO5/c12-9-3-6(1-2-8(9)11(16)17)13-4-7(5-14)18-10(13)15/h1-3,7,14,16-17H,4-5H2. The first-order chi connectivity index (χ1) is 8.52. The first-order valence-electron chi connectivity index (χ1n) is 5.27. The molecule has 0 saturated carbocycles. The number of cyclic esters (lactones) is 1. The smallest absolute Gasteiger partial charge is 0.441 e. The number of aliphatic hydroxyl groups is 1. The number of hydrogen-bond donors (Lipinski definition) is 3. The van der Waals surface area contributed by atoms with Gasteiger partial charge in [-0.2, -0.15) is 0 Å². The van der Waals surface area contributed by atoms with Crippen LogP contribution in [0.15, 0.2) is 18.2 Å². The SMILES string of the molecule is O=C1OC(CO)CN1c1ccc(B(O)O)c(F)c1. The second-order valence-corrected chi connectivity index (χ2v) is 3.88. The van der Waals surface area contributed by atoms with Gasteiger partial charge in [0.25, 0.3) is 0 Å². The molecule has 0 bridgehead atoms. The largest absolute Gasteiger partial charge is 0.491 e. The van der Waals surface area contributed by atoms with Crippen molar-refractivity contribution in [2.75, 3.05) is 18.1 Å². The van der Waals surface area contributed by atoms with E-state index in [2.05, 4.69) is 0 Å². The molecule has 6 nitrogen and oxygen atoms in total. The molecule has 1 aromatic carbocycles. The number of rotatable bonds is 3. The number of nitrogens with zero attached hydrogens (tertiary/aromatic N) is 1. The third-order valence-electron chi connectivity index (χ3n) is 2.65. The van der Waals surface area contributed by atoms with Crippen molar-refractivity contribution in [1.29, 1.82) is 0 Å². The van der Waals surface area contributed by atoms with Crippen molar-refractivity contribution in [3.05, 3.63) is 24.0 Å². The number of halogens is 1. The number of carbonyl (C=O) groups excluding carboxylic acids is 1. The number of amides is 1. The summed E-state index contributed by atoms with van der Waals surface area (Å²) in [6.45, 7) is -0.187. The topological polar surface area (TPSA) is 90.2 Å². The fraction of sp³-hybridized carbons (Fsp3) is 0.300. The zero-order valence-electron chi connectivity index (χ0n) is 9.28. The molecule has 0 aliphatic carbocycles. The van der Waals surface area contributed by atoms with Crippen LogP contribution in [-0.4, -0.2) is 47.6 Å². The van der Waals surface area contributed by atoms with Gasteiger partial charge in [0, 0.05) is 5.46 Å². The molecule has 96 valence electrons. The van der Waals surface area contributed by atoms with Crippen LogP contribution < -0.4 is 10.4 Å². The molecule has 0 spiro atoms. The zero-order chi connectivity index (χ0) is 13.3. The summed E-state index contributed by atoms with van der Waals surface area (Å²) in [6.07, 6.45) is -1.31. The Bertz CT molecular complexity index is 470. The summed E-state index contributed by atoms with van der Waals surface area (Å²) in [5.74, 6) is -0.831. The van der Waals surface area contributed by atoms with Crippen LogP contribution in [0.25, 0.3) is 0 Å². The molecule has 2 rings (SSSR count). The van der Waals surface area contributed by atoms with Gasteiger partial charge in [-0.1, -0.05) is 6.07 Å². The maximum atomic E-state index is 13.5. The molecule has 1 amide bonds. The van der Waals surface area contributed by atoms with E-state index in [0.29, 0.717) is 0 Å². The van der Waals surface area contributed by atoms with Crippen LogP contribution in [0.3, 0.4) is 0 Å². The van der Waals surface area contributed by atoms with Gasteiger partial charge in [-0.3, -0.25) is 4.90 Å². The molecule has 1 fully saturated rings. The molecule has 1 atom stereocenters. The van der Waals surface area contributed by atoms with E-state index in [1.165, 1.54) is 12.1 Å². The fourth-order valence-corrected chi connectivity index (χ4v) is 1.72. The molecule has 1 aliphatic heterocycles. The van der Waals surface area contributed by atoms with Crippen LogP contribution in [0.2, 0.25) is 0 Å². The van der Waals surface area contributed by atoms with Crippen molar-refractivity contribution in [3.8, 4) is 0 Å². The summed E-state index contributed by atoms with van der Waals surface area (Å²) >= 11 is 0. The van der Waals surface area contributed by atoms with Crippen LogP contribution in [0, 0.1) is 5.82 Å². The number of anilines is 1. The number of aliphatic hydroxyl groups excluding tert-OH is 1. The third kappa shape index (κ3) is 2.30. The van der Waals surface area contributed by atoms with Gasteiger partial charge in [0.05, 0.1) is 18.8 Å². The molecular weight excluding hydrogens is 244 g/mol. The highest BCUT2D eigenvalue weighted by Gasteiger charge is 2.32. The quantitative estimate of drug-likeness (QED) is 0.591. The maximum absolute atomic E-state index is 13.5. The second kappa shape index (κ2) is 4.93. The first-order valence-corrected chi connectivity index (χ1v) is 5.27. The summed E-state index contributed by atoms with van der Waals surface area (Å²) in [5.41, 5.74) is -0.0390. The molecular formula is C10H11BFNO5. The van der Waals surface area contributed by atoms with Crippen LogP contribution >= 0.6 is 0 Å². The normalized spacial score (nSPS) is 19.0. The van der Waals surface area contributed by atoms with Crippen molar-refractivity contribution < 1.29 is 29.1 Å². The Morgan fingerprint density at radius 2 is 2.22 bits per heavy atom. The highest BCUT2D eigenvalue weighted by molar-refractivity contribution is 6.58. The lowest BCUT2D eigenvalue weighted by molar-refractivity contribution is 0.0963.